The third kappa shape index (κ3) is 5.17. The van der Waals surface area contributed by atoms with Crippen molar-refractivity contribution in [3.63, 3.8) is 0 Å². The van der Waals surface area contributed by atoms with Crippen LogP contribution in [0.1, 0.15) is 51.0 Å². The molecule has 0 bridgehead atoms. The van der Waals surface area contributed by atoms with Crippen LogP contribution >= 0.6 is 0 Å². The number of anilines is 1. The number of carboxylic acids is 1. The molecule has 120 valence electrons. The van der Waals surface area contributed by atoms with Gasteiger partial charge in [-0.15, -0.1) is 0 Å². The third-order valence-electron chi connectivity index (χ3n) is 4.44. The molecular weight excluding hydrogens is 278 g/mol. The Kier molecular flexibility index (Phi) is 5.99. The summed E-state index contributed by atoms with van der Waals surface area (Å²) in [5.41, 5.74) is 1.47. The molecule has 1 aromatic rings. The van der Waals surface area contributed by atoms with Gasteiger partial charge >= 0.3 is 5.97 Å². The van der Waals surface area contributed by atoms with Crippen molar-refractivity contribution in [1.82, 2.24) is 0 Å². The van der Waals surface area contributed by atoms with Crippen molar-refractivity contribution >= 4 is 17.6 Å². The molecule has 22 heavy (non-hydrogen) atoms. The van der Waals surface area contributed by atoms with Crippen molar-refractivity contribution in [2.75, 3.05) is 5.32 Å². The summed E-state index contributed by atoms with van der Waals surface area (Å²) in [6.07, 6.45) is 7.39. The van der Waals surface area contributed by atoms with Gasteiger partial charge in [0, 0.05) is 11.6 Å². The van der Waals surface area contributed by atoms with Gasteiger partial charge in [0.25, 0.3) is 0 Å². The molecule has 0 spiro atoms. The standard InChI is InChI=1S/C18H25NO3/c1-13(11-14-5-3-2-4-6-14)18(22)19-16-9-7-15(8-10-16)12-17(20)21/h7-10,13-14H,2-6,11-12H2,1H3,(H,19,22)(H,20,21). The first-order valence-corrected chi connectivity index (χ1v) is 8.16. The number of hydrogen-bond donors (Lipinski definition) is 2. The number of carboxylic acid groups (broad SMARTS) is 1. The van der Waals surface area contributed by atoms with E-state index in [-0.39, 0.29) is 18.2 Å². The van der Waals surface area contributed by atoms with E-state index in [0.717, 1.165) is 17.7 Å². The van der Waals surface area contributed by atoms with Crippen LogP contribution in [0.4, 0.5) is 5.69 Å². The molecule has 1 saturated carbocycles. The first-order chi connectivity index (χ1) is 10.5. The topological polar surface area (TPSA) is 66.4 Å². The van der Waals surface area contributed by atoms with E-state index in [1.165, 1.54) is 32.1 Å². The van der Waals surface area contributed by atoms with Gasteiger partial charge in [0.05, 0.1) is 6.42 Å². The Morgan fingerprint density at radius 2 is 1.82 bits per heavy atom. The Bertz CT molecular complexity index is 504. The van der Waals surface area contributed by atoms with Crippen LogP contribution in [0.25, 0.3) is 0 Å². The van der Waals surface area contributed by atoms with Crippen LogP contribution in [0.2, 0.25) is 0 Å². The van der Waals surface area contributed by atoms with Crippen molar-refractivity contribution in [1.29, 1.82) is 0 Å². The summed E-state index contributed by atoms with van der Waals surface area (Å²) in [6, 6.07) is 7.03. The molecular formula is C18H25NO3. The van der Waals surface area contributed by atoms with Crippen molar-refractivity contribution in [3.05, 3.63) is 29.8 Å². The molecule has 4 nitrogen and oxygen atoms in total. The van der Waals surface area contributed by atoms with Crippen molar-refractivity contribution < 1.29 is 14.7 Å². The van der Waals surface area contributed by atoms with Gasteiger partial charge in [0.2, 0.25) is 5.91 Å². The van der Waals surface area contributed by atoms with Gasteiger partial charge in [-0.1, -0.05) is 51.2 Å². The molecule has 1 unspecified atom stereocenters. The van der Waals surface area contributed by atoms with Gasteiger partial charge < -0.3 is 10.4 Å². The molecule has 0 saturated heterocycles. The molecule has 0 aromatic heterocycles. The number of hydrogen-bond acceptors (Lipinski definition) is 2. The van der Waals surface area contributed by atoms with E-state index in [2.05, 4.69) is 5.32 Å². The smallest absolute Gasteiger partial charge is 0.307 e. The highest BCUT2D eigenvalue weighted by Gasteiger charge is 2.20. The van der Waals surface area contributed by atoms with Crippen LogP contribution in [0, 0.1) is 11.8 Å². The minimum atomic E-state index is -0.849. The quantitative estimate of drug-likeness (QED) is 0.838. The average Bonchev–Trinajstić information content (AvgIpc) is 2.49. The lowest BCUT2D eigenvalue weighted by molar-refractivity contribution is -0.136. The molecule has 0 aliphatic heterocycles. The molecule has 2 rings (SSSR count). The summed E-state index contributed by atoms with van der Waals surface area (Å²) in [7, 11) is 0. The lowest BCUT2D eigenvalue weighted by atomic mass is 9.83. The highest BCUT2D eigenvalue weighted by Crippen LogP contribution is 2.29. The van der Waals surface area contributed by atoms with Crippen LogP contribution in [0.15, 0.2) is 24.3 Å². The predicted octanol–water partition coefficient (Wildman–Crippen LogP) is 3.86. The zero-order chi connectivity index (χ0) is 15.9. The molecule has 0 radical (unpaired) electrons. The van der Waals surface area contributed by atoms with Crippen molar-refractivity contribution in [2.45, 2.75) is 51.9 Å². The van der Waals surface area contributed by atoms with Gasteiger partial charge in [0.1, 0.15) is 0 Å². The van der Waals surface area contributed by atoms with E-state index in [9.17, 15) is 9.59 Å². The summed E-state index contributed by atoms with van der Waals surface area (Å²) < 4.78 is 0. The summed E-state index contributed by atoms with van der Waals surface area (Å²) in [6.45, 7) is 1.99. The van der Waals surface area contributed by atoms with Crippen LogP contribution in [0.3, 0.4) is 0 Å². The Morgan fingerprint density at radius 3 is 2.41 bits per heavy atom. The summed E-state index contributed by atoms with van der Waals surface area (Å²) in [4.78, 5) is 22.9. The molecule has 1 aliphatic rings. The lowest BCUT2D eigenvalue weighted by Crippen LogP contribution is -2.23. The molecule has 4 heteroatoms. The second-order valence-corrected chi connectivity index (χ2v) is 6.40. The fraction of sp³-hybridized carbons (Fsp3) is 0.556. The van der Waals surface area contributed by atoms with Crippen LogP contribution < -0.4 is 5.32 Å². The van der Waals surface area contributed by atoms with E-state index >= 15 is 0 Å². The zero-order valence-electron chi connectivity index (χ0n) is 13.2. The van der Waals surface area contributed by atoms with Gasteiger partial charge in [-0.05, 0) is 30.0 Å². The molecule has 1 fully saturated rings. The van der Waals surface area contributed by atoms with E-state index in [1.54, 1.807) is 24.3 Å². The number of benzene rings is 1. The fourth-order valence-corrected chi connectivity index (χ4v) is 3.18. The summed E-state index contributed by atoms with van der Waals surface area (Å²) in [5.74, 6) is -0.0938. The Morgan fingerprint density at radius 1 is 1.18 bits per heavy atom. The predicted molar refractivity (Wildman–Crippen MR) is 86.8 cm³/mol. The van der Waals surface area contributed by atoms with Crippen LogP contribution in [0.5, 0.6) is 0 Å². The molecule has 2 N–H and O–H groups in total. The molecule has 1 amide bonds. The average molecular weight is 303 g/mol. The fourth-order valence-electron chi connectivity index (χ4n) is 3.18. The lowest BCUT2D eigenvalue weighted by Gasteiger charge is -2.24. The Labute approximate surface area is 131 Å². The minimum Gasteiger partial charge on any atom is -0.481 e. The van der Waals surface area contributed by atoms with Crippen molar-refractivity contribution in [2.24, 2.45) is 11.8 Å². The molecule has 1 aliphatic carbocycles. The van der Waals surface area contributed by atoms with E-state index in [1.807, 2.05) is 6.92 Å². The maximum absolute atomic E-state index is 12.2. The monoisotopic (exact) mass is 303 g/mol. The number of carbonyl (C=O) groups excluding carboxylic acids is 1. The first-order valence-electron chi connectivity index (χ1n) is 8.16. The highest BCUT2D eigenvalue weighted by atomic mass is 16.4. The van der Waals surface area contributed by atoms with E-state index in [0.29, 0.717) is 5.92 Å². The normalized spacial score (nSPS) is 17.0. The van der Waals surface area contributed by atoms with Gasteiger partial charge in [0.15, 0.2) is 0 Å². The maximum Gasteiger partial charge on any atom is 0.307 e. The van der Waals surface area contributed by atoms with E-state index < -0.39 is 5.97 Å². The Hall–Kier alpha value is -1.84. The second-order valence-electron chi connectivity index (χ2n) is 6.40. The SMILES string of the molecule is CC(CC1CCCCC1)C(=O)Nc1ccc(CC(=O)O)cc1. The maximum atomic E-state index is 12.2. The minimum absolute atomic E-state index is 0.00626. The van der Waals surface area contributed by atoms with Crippen LogP contribution in [-0.4, -0.2) is 17.0 Å². The van der Waals surface area contributed by atoms with Gasteiger partial charge in [-0.25, -0.2) is 0 Å². The number of aliphatic carboxylic acids is 1. The number of nitrogens with one attached hydrogen (secondary N) is 1. The summed E-state index contributed by atoms with van der Waals surface area (Å²) in [5, 5.41) is 11.7. The third-order valence-corrected chi connectivity index (χ3v) is 4.44. The summed E-state index contributed by atoms with van der Waals surface area (Å²) >= 11 is 0. The van der Waals surface area contributed by atoms with E-state index in [4.69, 9.17) is 5.11 Å². The second kappa shape index (κ2) is 7.97. The zero-order valence-corrected chi connectivity index (χ0v) is 13.2. The van der Waals surface area contributed by atoms with Gasteiger partial charge in [-0.2, -0.15) is 0 Å². The molecule has 1 atom stereocenters. The molecule has 0 heterocycles. The molecule has 1 aromatic carbocycles. The number of carbonyl (C=O) groups is 2. The first kappa shape index (κ1) is 16.5. The largest absolute Gasteiger partial charge is 0.481 e. The number of rotatable bonds is 6. The van der Waals surface area contributed by atoms with Gasteiger partial charge in [-0.3, -0.25) is 9.59 Å². The highest BCUT2D eigenvalue weighted by molar-refractivity contribution is 5.92. The number of amides is 1. The van der Waals surface area contributed by atoms with Crippen molar-refractivity contribution in [3.8, 4) is 0 Å². The Balaban J connectivity index is 1.83. The van der Waals surface area contributed by atoms with Crippen LogP contribution in [-0.2, 0) is 16.0 Å².